The fourth-order valence-corrected chi connectivity index (χ4v) is 3.11. The molecule has 8 heteroatoms. The second kappa shape index (κ2) is 8.06. The van der Waals surface area contributed by atoms with Crippen LogP contribution in [0.5, 0.6) is 0 Å². The standard InChI is InChI=1S/C20H17ClN4O3/c1-12-8-15(11-23-24-19(26)14-4-3-7-22-10-14)13(2)25(12)16-5-6-17(20(27)28)18(21)9-16/h3-11H,1-2H3,(H,24,26)(H,27,28)/b23-11-. The van der Waals surface area contributed by atoms with Gasteiger partial charge in [0, 0.05) is 35.0 Å². The van der Waals surface area contributed by atoms with Gasteiger partial charge in [-0.3, -0.25) is 9.78 Å². The zero-order valence-corrected chi connectivity index (χ0v) is 15.9. The van der Waals surface area contributed by atoms with Crippen molar-refractivity contribution in [2.24, 2.45) is 5.10 Å². The number of hydrogen-bond acceptors (Lipinski definition) is 4. The van der Waals surface area contributed by atoms with Gasteiger partial charge in [-0.1, -0.05) is 11.6 Å². The van der Waals surface area contributed by atoms with Crippen LogP contribution in [0.3, 0.4) is 0 Å². The number of pyridine rings is 1. The van der Waals surface area contributed by atoms with E-state index in [1.54, 1.807) is 36.7 Å². The number of amides is 1. The van der Waals surface area contributed by atoms with E-state index in [4.69, 9.17) is 16.7 Å². The lowest BCUT2D eigenvalue weighted by Crippen LogP contribution is -2.17. The molecule has 3 aromatic rings. The van der Waals surface area contributed by atoms with E-state index in [0.29, 0.717) is 5.56 Å². The number of aromatic nitrogens is 2. The van der Waals surface area contributed by atoms with Crippen LogP contribution in [-0.4, -0.2) is 32.7 Å². The molecular weight excluding hydrogens is 380 g/mol. The summed E-state index contributed by atoms with van der Waals surface area (Å²) < 4.78 is 1.93. The smallest absolute Gasteiger partial charge is 0.337 e. The van der Waals surface area contributed by atoms with Crippen molar-refractivity contribution >= 4 is 29.7 Å². The maximum Gasteiger partial charge on any atom is 0.337 e. The number of carbonyl (C=O) groups is 2. The zero-order valence-electron chi connectivity index (χ0n) is 15.2. The van der Waals surface area contributed by atoms with E-state index in [-0.39, 0.29) is 16.5 Å². The SMILES string of the molecule is Cc1cc(/C=N\NC(=O)c2cccnc2)c(C)n1-c1ccc(C(=O)O)c(Cl)c1. The number of nitrogens with one attached hydrogen (secondary N) is 1. The number of hydrogen-bond donors (Lipinski definition) is 2. The number of nitrogens with zero attached hydrogens (tertiary/aromatic N) is 3. The highest BCUT2D eigenvalue weighted by molar-refractivity contribution is 6.33. The Hall–Kier alpha value is -3.45. The average molecular weight is 397 g/mol. The Bertz CT molecular complexity index is 1070. The molecule has 0 saturated carbocycles. The first-order chi connectivity index (χ1) is 13.4. The lowest BCUT2D eigenvalue weighted by Gasteiger charge is -2.11. The molecule has 2 heterocycles. The van der Waals surface area contributed by atoms with E-state index in [1.807, 2.05) is 24.5 Å². The Balaban J connectivity index is 1.83. The minimum atomic E-state index is -1.07. The van der Waals surface area contributed by atoms with E-state index in [1.165, 1.54) is 12.3 Å². The minimum Gasteiger partial charge on any atom is -0.478 e. The highest BCUT2D eigenvalue weighted by atomic mass is 35.5. The van der Waals surface area contributed by atoms with Crippen LogP contribution >= 0.6 is 11.6 Å². The number of rotatable bonds is 5. The van der Waals surface area contributed by atoms with Gasteiger partial charge in [-0.15, -0.1) is 0 Å². The van der Waals surface area contributed by atoms with E-state index < -0.39 is 5.97 Å². The molecule has 7 nitrogen and oxygen atoms in total. The van der Waals surface area contributed by atoms with Crippen molar-refractivity contribution in [3.8, 4) is 5.69 Å². The minimum absolute atomic E-state index is 0.0489. The Labute approximate surface area is 166 Å². The zero-order chi connectivity index (χ0) is 20.3. The summed E-state index contributed by atoms with van der Waals surface area (Å²) in [6, 6.07) is 10.0. The fourth-order valence-electron chi connectivity index (χ4n) is 2.85. The van der Waals surface area contributed by atoms with Crippen molar-refractivity contribution in [2.75, 3.05) is 0 Å². The van der Waals surface area contributed by atoms with Crippen LogP contribution in [-0.2, 0) is 0 Å². The molecule has 0 aliphatic heterocycles. The van der Waals surface area contributed by atoms with Gasteiger partial charge in [0.15, 0.2) is 0 Å². The molecule has 0 fully saturated rings. The first kappa shape index (κ1) is 19.3. The van der Waals surface area contributed by atoms with E-state index >= 15 is 0 Å². The number of hydrazone groups is 1. The number of aromatic carboxylic acids is 1. The van der Waals surface area contributed by atoms with Gasteiger partial charge in [-0.05, 0) is 50.2 Å². The molecule has 0 spiro atoms. The first-order valence-electron chi connectivity index (χ1n) is 8.34. The van der Waals surface area contributed by atoms with E-state index in [9.17, 15) is 9.59 Å². The molecule has 0 unspecified atom stereocenters. The summed E-state index contributed by atoms with van der Waals surface area (Å²) in [4.78, 5) is 27.0. The summed E-state index contributed by atoms with van der Waals surface area (Å²) in [5, 5.41) is 13.3. The van der Waals surface area contributed by atoms with Crippen LogP contribution in [0.15, 0.2) is 53.9 Å². The summed E-state index contributed by atoms with van der Waals surface area (Å²) >= 11 is 6.09. The Morgan fingerprint density at radius 3 is 2.68 bits per heavy atom. The predicted molar refractivity (Wildman–Crippen MR) is 107 cm³/mol. The van der Waals surface area contributed by atoms with Crippen LogP contribution < -0.4 is 5.43 Å². The molecule has 2 aromatic heterocycles. The maximum atomic E-state index is 12.0. The molecule has 0 saturated heterocycles. The number of aryl methyl sites for hydroxylation is 1. The van der Waals surface area contributed by atoms with Gasteiger partial charge in [0.05, 0.1) is 22.4 Å². The lowest BCUT2D eigenvalue weighted by atomic mass is 10.2. The molecule has 0 atom stereocenters. The molecular formula is C20H17ClN4O3. The van der Waals surface area contributed by atoms with Gasteiger partial charge in [-0.2, -0.15) is 5.10 Å². The van der Waals surface area contributed by atoms with E-state index in [2.05, 4.69) is 15.5 Å². The molecule has 0 aliphatic carbocycles. The largest absolute Gasteiger partial charge is 0.478 e. The second-order valence-corrected chi connectivity index (χ2v) is 6.48. The average Bonchev–Trinajstić information content (AvgIpc) is 2.95. The Morgan fingerprint density at radius 1 is 1.25 bits per heavy atom. The van der Waals surface area contributed by atoms with Crippen molar-refractivity contribution < 1.29 is 14.7 Å². The summed E-state index contributed by atoms with van der Waals surface area (Å²) in [7, 11) is 0. The first-order valence-corrected chi connectivity index (χ1v) is 8.72. The van der Waals surface area contributed by atoms with Gasteiger partial charge in [-0.25, -0.2) is 10.2 Å². The van der Waals surface area contributed by atoms with E-state index in [0.717, 1.165) is 22.6 Å². The van der Waals surface area contributed by atoms with Crippen molar-refractivity contribution in [1.82, 2.24) is 15.0 Å². The van der Waals surface area contributed by atoms with Gasteiger partial charge in [0.1, 0.15) is 0 Å². The van der Waals surface area contributed by atoms with Crippen LogP contribution in [0.25, 0.3) is 5.69 Å². The summed E-state index contributed by atoms with van der Waals surface area (Å²) in [6.45, 7) is 3.81. The summed E-state index contributed by atoms with van der Waals surface area (Å²) in [6.07, 6.45) is 4.60. The van der Waals surface area contributed by atoms with Crippen LogP contribution in [0.2, 0.25) is 5.02 Å². The van der Waals surface area contributed by atoms with Crippen molar-refractivity contribution in [3.05, 3.63) is 81.9 Å². The normalized spacial score (nSPS) is 11.0. The van der Waals surface area contributed by atoms with Gasteiger partial charge < -0.3 is 9.67 Å². The Morgan fingerprint density at radius 2 is 2.04 bits per heavy atom. The maximum absolute atomic E-state index is 12.0. The third-order valence-corrected chi connectivity index (χ3v) is 4.52. The molecule has 142 valence electrons. The predicted octanol–water partition coefficient (Wildman–Crippen LogP) is 3.60. The van der Waals surface area contributed by atoms with Crippen molar-refractivity contribution in [3.63, 3.8) is 0 Å². The van der Waals surface area contributed by atoms with Gasteiger partial charge in [0.25, 0.3) is 5.91 Å². The third kappa shape index (κ3) is 3.94. The molecule has 0 aliphatic rings. The topological polar surface area (TPSA) is 96.6 Å². The number of carboxylic acids is 1. The number of benzene rings is 1. The third-order valence-electron chi connectivity index (χ3n) is 4.21. The van der Waals surface area contributed by atoms with Crippen molar-refractivity contribution in [2.45, 2.75) is 13.8 Å². The summed E-state index contributed by atoms with van der Waals surface area (Å²) in [5.41, 5.74) is 6.26. The van der Waals surface area contributed by atoms with Gasteiger partial charge >= 0.3 is 5.97 Å². The highest BCUT2D eigenvalue weighted by Gasteiger charge is 2.13. The molecule has 0 bridgehead atoms. The quantitative estimate of drug-likeness (QED) is 0.508. The highest BCUT2D eigenvalue weighted by Crippen LogP contribution is 2.24. The fraction of sp³-hybridized carbons (Fsp3) is 0.100. The molecule has 1 amide bonds. The molecule has 2 N–H and O–H groups in total. The number of carboxylic acid groups (broad SMARTS) is 1. The number of halogens is 1. The second-order valence-electron chi connectivity index (χ2n) is 6.07. The van der Waals surface area contributed by atoms with Crippen LogP contribution in [0.1, 0.15) is 37.7 Å². The molecule has 28 heavy (non-hydrogen) atoms. The Kier molecular flexibility index (Phi) is 5.56. The monoisotopic (exact) mass is 396 g/mol. The number of carbonyl (C=O) groups excluding carboxylic acids is 1. The van der Waals surface area contributed by atoms with Crippen LogP contribution in [0.4, 0.5) is 0 Å². The summed E-state index contributed by atoms with van der Waals surface area (Å²) in [5.74, 6) is -1.43. The van der Waals surface area contributed by atoms with Crippen LogP contribution in [0, 0.1) is 13.8 Å². The van der Waals surface area contributed by atoms with Crippen molar-refractivity contribution in [1.29, 1.82) is 0 Å². The lowest BCUT2D eigenvalue weighted by molar-refractivity contribution is 0.0697. The van der Waals surface area contributed by atoms with Gasteiger partial charge in [0.2, 0.25) is 0 Å². The molecule has 3 rings (SSSR count). The molecule has 1 aromatic carbocycles. The molecule has 0 radical (unpaired) electrons.